The smallest absolute Gasteiger partial charge is 0.305 e. The van der Waals surface area contributed by atoms with Crippen molar-refractivity contribution in [1.82, 2.24) is 9.55 Å². The maximum atomic E-state index is 11.0. The molecule has 0 amide bonds. The molecule has 0 spiro atoms. The molecule has 0 fully saturated rings. The van der Waals surface area contributed by atoms with E-state index in [1.807, 2.05) is 18.6 Å². The van der Waals surface area contributed by atoms with Crippen LogP contribution in [0.2, 0.25) is 0 Å². The summed E-state index contributed by atoms with van der Waals surface area (Å²) in [6.07, 6.45) is 8.91. The third kappa shape index (κ3) is 4.56. The molecule has 2 aromatic rings. The molecule has 6 heteroatoms. The first kappa shape index (κ1) is 18.3. The normalized spacial score (nSPS) is 15.9. The van der Waals surface area contributed by atoms with Crippen LogP contribution in [-0.4, -0.2) is 40.3 Å². The third-order valence-corrected chi connectivity index (χ3v) is 4.88. The number of rotatable bonds is 10. The van der Waals surface area contributed by atoms with Gasteiger partial charge < -0.3 is 19.3 Å². The summed E-state index contributed by atoms with van der Waals surface area (Å²) in [5.74, 6) is 0.522. The second-order valence-electron chi connectivity index (χ2n) is 6.80. The molecule has 1 aliphatic rings. The second-order valence-corrected chi connectivity index (χ2v) is 6.80. The highest BCUT2D eigenvalue weighted by molar-refractivity contribution is 5.69. The number of aliphatic carboxylic acids is 1. The van der Waals surface area contributed by atoms with Crippen LogP contribution in [-0.2, 0) is 11.3 Å². The second kappa shape index (κ2) is 8.74. The number of aryl methyl sites for hydroxylation is 1. The molecule has 0 saturated heterocycles. The Bertz CT molecular complexity index is 715. The fourth-order valence-corrected chi connectivity index (χ4v) is 3.45. The molecule has 1 atom stereocenters. The Morgan fingerprint density at radius 3 is 3.00 bits per heavy atom. The minimum atomic E-state index is -0.757. The van der Waals surface area contributed by atoms with E-state index in [0.717, 1.165) is 50.4 Å². The van der Waals surface area contributed by atoms with Crippen molar-refractivity contribution < 1.29 is 14.6 Å². The number of nitrogens with zero attached hydrogens (tertiary/aromatic N) is 3. The molecule has 3 rings (SSSR count). The average molecular weight is 357 g/mol. The Morgan fingerprint density at radius 2 is 2.27 bits per heavy atom. The van der Waals surface area contributed by atoms with E-state index in [9.17, 15) is 4.79 Å². The molecule has 0 bridgehead atoms. The van der Waals surface area contributed by atoms with E-state index in [2.05, 4.69) is 33.5 Å². The molecule has 140 valence electrons. The zero-order valence-electron chi connectivity index (χ0n) is 15.3. The summed E-state index contributed by atoms with van der Waals surface area (Å²) in [4.78, 5) is 17.3. The number of fused-ring (bicyclic) bond motifs is 1. The predicted molar refractivity (Wildman–Crippen MR) is 101 cm³/mol. The van der Waals surface area contributed by atoms with Crippen molar-refractivity contribution in [3.8, 4) is 5.75 Å². The molecular weight excluding hydrogens is 330 g/mol. The van der Waals surface area contributed by atoms with Crippen LogP contribution in [0.1, 0.15) is 44.1 Å². The van der Waals surface area contributed by atoms with E-state index in [1.165, 1.54) is 5.56 Å². The third-order valence-electron chi connectivity index (χ3n) is 4.88. The van der Waals surface area contributed by atoms with E-state index in [-0.39, 0.29) is 6.42 Å². The van der Waals surface area contributed by atoms with Gasteiger partial charge in [-0.05, 0) is 36.6 Å². The number of aromatic nitrogens is 2. The highest BCUT2D eigenvalue weighted by atomic mass is 16.5. The van der Waals surface area contributed by atoms with Gasteiger partial charge in [0.2, 0.25) is 0 Å². The van der Waals surface area contributed by atoms with Crippen LogP contribution in [0.15, 0.2) is 36.9 Å². The van der Waals surface area contributed by atoms with Crippen LogP contribution in [0.3, 0.4) is 0 Å². The Kier molecular flexibility index (Phi) is 6.15. The summed E-state index contributed by atoms with van der Waals surface area (Å²) in [5, 5.41) is 9.02. The minimum absolute atomic E-state index is 0.155. The number of hydrogen-bond acceptors (Lipinski definition) is 4. The SMILES string of the molecule is CCCCOc1ccc2c(c1)C(CCn1ccnc1)CN2CCC(=O)O. The monoisotopic (exact) mass is 357 g/mol. The first-order valence-corrected chi connectivity index (χ1v) is 9.36. The van der Waals surface area contributed by atoms with E-state index in [1.54, 1.807) is 6.20 Å². The van der Waals surface area contributed by atoms with Crippen molar-refractivity contribution >= 4 is 11.7 Å². The van der Waals surface area contributed by atoms with Crippen LogP contribution in [0.25, 0.3) is 0 Å². The van der Waals surface area contributed by atoms with Crippen molar-refractivity contribution in [3.05, 3.63) is 42.5 Å². The first-order chi connectivity index (χ1) is 12.7. The number of carboxylic acids is 1. The van der Waals surface area contributed by atoms with Crippen LogP contribution < -0.4 is 9.64 Å². The lowest BCUT2D eigenvalue weighted by Crippen LogP contribution is -2.25. The molecule has 1 unspecified atom stereocenters. The Balaban J connectivity index is 1.73. The molecule has 26 heavy (non-hydrogen) atoms. The van der Waals surface area contributed by atoms with Gasteiger partial charge in [-0.1, -0.05) is 13.3 Å². The molecule has 6 nitrogen and oxygen atoms in total. The zero-order chi connectivity index (χ0) is 18.4. The molecule has 1 N–H and O–H groups in total. The first-order valence-electron chi connectivity index (χ1n) is 9.36. The average Bonchev–Trinajstić information content (AvgIpc) is 3.26. The van der Waals surface area contributed by atoms with Crippen molar-refractivity contribution in [2.75, 3.05) is 24.6 Å². The van der Waals surface area contributed by atoms with Gasteiger partial charge in [-0.3, -0.25) is 4.79 Å². The zero-order valence-corrected chi connectivity index (χ0v) is 15.3. The maximum absolute atomic E-state index is 11.0. The van der Waals surface area contributed by atoms with Crippen molar-refractivity contribution in [2.45, 2.75) is 45.1 Å². The molecule has 0 radical (unpaired) electrons. The van der Waals surface area contributed by atoms with E-state index in [0.29, 0.717) is 12.5 Å². The number of carbonyl (C=O) groups is 1. The largest absolute Gasteiger partial charge is 0.494 e. The van der Waals surface area contributed by atoms with Gasteiger partial charge in [0.15, 0.2) is 0 Å². The Morgan fingerprint density at radius 1 is 1.38 bits per heavy atom. The molecular formula is C20H27N3O3. The molecule has 2 heterocycles. The van der Waals surface area contributed by atoms with Gasteiger partial charge in [0.1, 0.15) is 5.75 Å². The number of unbranched alkanes of at least 4 members (excludes halogenated alkanes) is 1. The fraction of sp³-hybridized carbons (Fsp3) is 0.500. The standard InChI is InChI=1S/C20H27N3O3/c1-2-3-12-26-17-4-5-19-18(13-17)16(6-9-22-11-8-21-15-22)14-23(19)10-7-20(24)25/h4-5,8,11,13,15-16H,2-3,6-7,9-10,12,14H2,1H3,(H,24,25). The summed E-state index contributed by atoms with van der Waals surface area (Å²) >= 11 is 0. The molecule has 1 aliphatic heterocycles. The van der Waals surface area contributed by atoms with Crippen molar-refractivity contribution in [2.24, 2.45) is 0 Å². The van der Waals surface area contributed by atoms with Gasteiger partial charge >= 0.3 is 5.97 Å². The van der Waals surface area contributed by atoms with Crippen LogP contribution in [0.4, 0.5) is 5.69 Å². The minimum Gasteiger partial charge on any atom is -0.494 e. The predicted octanol–water partition coefficient (Wildman–Crippen LogP) is 3.53. The molecule has 0 saturated carbocycles. The molecule has 1 aromatic carbocycles. The number of benzene rings is 1. The van der Waals surface area contributed by atoms with Gasteiger partial charge in [0.25, 0.3) is 0 Å². The Labute approximate surface area is 154 Å². The van der Waals surface area contributed by atoms with Gasteiger partial charge in [-0.2, -0.15) is 0 Å². The van der Waals surface area contributed by atoms with Gasteiger partial charge in [0.05, 0.1) is 19.4 Å². The van der Waals surface area contributed by atoms with Gasteiger partial charge in [-0.25, -0.2) is 4.98 Å². The van der Waals surface area contributed by atoms with E-state index < -0.39 is 5.97 Å². The summed E-state index contributed by atoms with van der Waals surface area (Å²) in [6.45, 7) is 5.18. The van der Waals surface area contributed by atoms with E-state index >= 15 is 0 Å². The summed E-state index contributed by atoms with van der Waals surface area (Å²) in [6, 6.07) is 6.22. The van der Waals surface area contributed by atoms with Gasteiger partial charge in [-0.15, -0.1) is 0 Å². The van der Waals surface area contributed by atoms with Crippen LogP contribution in [0, 0.1) is 0 Å². The number of imidazole rings is 1. The lowest BCUT2D eigenvalue weighted by molar-refractivity contribution is -0.136. The maximum Gasteiger partial charge on any atom is 0.305 e. The van der Waals surface area contributed by atoms with Crippen molar-refractivity contribution in [1.29, 1.82) is 0 Å². The number of carboxylic acid groups (broad SMARTS) is 1. The number of anilines is 1. The van der Waals surface area contributed by atoms with Crippen molar-refractivity contribution in [3.63, 3.8) is 0 Å². The van der Waals surface area contributed by atoms with Crippen LogP contribution in [0.5, 0.6) is 5.75 Å². The summed E-state index contributed by atoms with van der Waals surface area (Å²) in [7, 11) is 0. The quantitative estimate of drug-likeness (QED) is 0.659. The molecule has 1 aromatic heterocycles. The number of ether oxygens (including phenoxy) is 1. The lowest BCUT2D eigenvalue weighted by Gasteiger charge is -2.19. The lowest BCUT2D eigenvalue weighted by atomic mass is 9.97. The highest BCUT2D eigenvalue weighted by Gasteiger charge is 2.29. The highest BCUT2D eigenvalue weighted by Crippen LogP contribution is 2.40. The summed E-state index contributed by atoms with van der Waals surface area (Å²) in [5.41, 5.74) is 2.41. The van der Waals surface area contributed by atoms with Crippen LogP contribution >= 0.6 is 0 Å². The molecule has 0 aliphatic carbocycles. The topological polar surface area (TPSA) is 67.6 Å². The number of hydrogen-bond donors (Lipinski definition) is 1. The summed E-state index contributed by atoms with van der Waals surface area (Å²) < 4.78 is 7.96. The Hall–Kier alpha value is -2.50. The fourth-order valence-electron chi connectivity index (χ4n) is 3.45. The van der Waals surface area contributed by atoms with E-state index in [4.69, 9.17) is 9.84 Å². The van der Waals surface area contributed by atoms with Gasteiger partial charge in [0, 0.05) is 43.6 Å².